The van der Waals surface area contributed by atoms with Gasteiger partial charge in [-0.25, -0.2) is 15.0 Å². The van der Waals surface area contributed by atoms with Crippen LogP contribution in [0.5, 0.6) is 0 Å². The minimum Gasteiger partial charge on any atom is -0.365 e. The Hall–Kier alpha value is -2.83. The van der Waals surface area contributed by atoms with Gasteiger partial charge in [0.15, 0.2) is 28.9 Å². The molecule has 3 heterocycles. The third-order valence-electron chi connectivity index (χ3n) is 8.40. The van der Waals surface area contributed by atoms with Crippen molar-refractivity contribution in [2.24, 2.45) is 17.8 Å². The van der Waals surface area contributed by atoms with Gasteiger partial charge in [0.1, 0.15) is 11.2 Å². The van der Waals surface area contributed by atoms with Gasteiger partial charge in [-0.3, -0.25) is 9.78 Å². The van der Waals surface area contributed by atoms with Gasteiger partial charge in [-0.2, -0.15) is 0 Å². The fourth-order valence-electron chi connectivity index (χ4n) is 5.64. The Kier molecular flexibility index (Phi) is 7.09. The predicted molar refractivity (Wildman–Crippen MR) is 144 cm³/mol. The zero-order valence-corrected chi connectivity index (χ0v) is 22.4. The van der Waals surface area contributed by atoms with Crippen LogP contribution in [0.2, 0.25) is 0 Å². The van der Waals surface area contributed by atoms with E-state index < -0.39 is 0 Å². The number of Topliss-reactive ketones (excluding diaryl/α,β-unsaturated/α-hetero) is 1. The van der Waals surface area contributed by atoms with E-state index >= 15 is 0 Å². The first-order valence-corrected chi connectivity index (χ1v) is 13.8. The number of nitrogens with zero attached hydrogens (tertiary/aromatic N) is 5. The molecule has 0 aromatic carbocycles. The molecular weight excluding hydrogens is 448 g/mol. The minimum absolute atomic E-state index is 0.145. The fraction of sp³-hybridized carbons (Fsp3) is 0.621. The Balaban J connectivity index is 1.65. The Labute approximate surface area is 214 Å². The lowest BCUT2D eigenvalue weighted by atomic mass is 9.80. The van der Waals surface area contributed by atoms with E-state index in [0.29, 0.717) is 23.4 Å². The van der Waals surface area contributed by atoms with Crippen LogP contribution in [0, 0.1) is 17.8 Å². The summed E-state index contributed by atoms with van der Waals surface area (Å²) in [6, 6.07) is 4.50. The molecule has 0 radical (unpaired) electrons. The molecule has 3 aromatic heterocycles. The number of carbonyl (C=O) groups is 1. The maximum absolute atomic E-state index is 12.4. The lowest BCUT2D eigenvalue weighted by Gasteiger charge is -2.32. The first-order valence-electron chi connectivity index (χ1n) is 13.8. The maximum Gasteiger partial charge on any atom is 0.199 e. The zero-order chi connectivity index (χ0) is 25.4. The van der Waals surface area contributed by atoms with E-state index in [-0.39, 0.29) is 17.6 Å². The largest absolute Gasteiger partial charge is 0.365 e. The summed E-state index contributed by atoms with van der Waals surface area (Å²) < 4.78 is 2.29. The van der Waals surface area contributed by atoms with E-state index in [2.05, 4.69) is 54.7 Å². The van der Waals surface area contributed by atoms with Crippen molar-refractivity contribution in [3.63, 3.8) is 0 Å². The van der Waals surface area contributed by atoms with Gasteiger partial charge >= 0.3 is 0 Å². The van der Waals surface area contributed by atoms with E-state index in [9.17, 15) is 4.79 Å². The summed E-state index contributed by atoms with van der Waals surface area (Å²) in [6.07, 6.45) is 10.6. The third-order valence-corrected chi connectivity index (χ3v) is 8.40. The van der Waals surface area contributed by atoms with Crippen molar-refractivity contribution >= 4 is 22.8 Å². The Bertz CT molecular complexity index is 1240. The molecule has 7 nitrogen and oxygen atoms in total. The number of rotatable bonds is 8. The van der Waals surface area contributed by atoms with Crippen LogP contribution in [0.15, 0.2) is 18.3 Å². The predicted octanol–water partition coefficient (Wildman–Crippen LogP) is 6.64. The highest BCUT2D eigenvalue weighted by molar-refractivity contribution is 5.95. The Morgan fingerprint density at radius 2 is 1.83 bits per heavy atom. The Morgan fingerprint density at radius 1 is 1.08 bits per heavy atom. The number of carbonyl (C=O) groups excluding carboxylic acids is 1. The molecule has 3 aromatic rings. The van der Waals surface area contributed by atoms with Crippen LogP contribution < -0.4 is 5.32 Å². The molecule has 0 aliphatic heterocycles. The summed E-state index contributed by atoms with van der Waals surface area (Å²) in [5.41, 5.74) is 3.56. The molecule has 0 spiro atoms. The van der Waals surface area contributed by atoms with Gasteiger partial charge in [0.25, 0.3) is 0 Å². The van der Waals surface area contributed by atoms with Crippen LogP contribution in [0.4, 0.5) is 5.82 Å². The summed E-state index contributed by atoms with van der Waals surface area (Å²) in [5, 5.41) is 3.68. The number of anilines is 1. The topological polar surface area (TPSA) is 85.6 Å². The molecule has 2 aliphatic carbocycles. The molecule has 2 saturated carbocycles. The molecule has 2 fully saturated rings. The second-order valence-corrected chi connectivity index (χ2v) is 11.5. The highest BCUT2D eigenvalue weighted by Gasteiger charge is 2.28. The van der Waals surface area contributed by atoms with Gasteiger partial charge in [0.05, 0.1) is 0 Å². The number of aromatic nitrogens is 5. The van der Waals surface area contributed by atoms with Crippen molar-refractivity contribution in [2.45, 2.75) is 98.1 Å². The average Bonchev–Trinajstić information content (AvgIpc) is 3.18. The quantitative estimate of drug-likeness (QED) is 0.358. The minimum atomic E-state index is -0.145. The molecule has 1 atom stereocenters. The second-order valence-electron chi connectivity index (χ2n) is 11.5. The molecule has 2 aliphatic rings. The van der Waals surface area contributed by atoms with E-state index in [4.69, 9.17) is 15.0 Å². The van der Waals surface area contributed by atoms with Gasteiger partial charge in [-0.05, 0) is 74.0 Å². The number of fused-ring (bicyclic) bond motifs is 1. The van der Waals surface area contributed by atoms with Crippen molar-refractivity contribution < 1.29 is 4.79 Å². The van der Waals surface area contributed by atoms with Gasteiger partial charge in [-0.1, -0.05) is 40.0 Å². The number of hydrogen-bond donors (Lipinski definition) is 1. The summed E-state index contributed by atoms with van der Waals surface area (Å²) >= 11 is 0. The molecule has 5 rings (SSSR count). The monoisotopic (exact) mass is 488 g/mol. The van der Waals surface area contributed by atoms with Crippen molar-refractivity contribution in [1.29, 1.82) is 0 Å². The standard InChI is InChI=1S/C29H40N6O/c1-17(2)23-13-14-30-24(15-23)29-34-28-25(35(29)16-21-11-9-18(3)10-12-21)27(32-26(33-28)20(5)36)31-19(4)22-7-6-8-22/h13-15,17-19,21-22H,6-12,16H2,1-5H3,(H,31,32,33)/t18?,19-,21?/m1/s1. The molecule has 0 amide bonds. The summed E-state index contributed by atoms with van der Waals surface area (Å²) in [5.74, 6) is 4.03. The van der Waals surface area contributed by atoms with E-state index in [1.165, 1.54) is 57.4 Å². The van der Waals surface area contributed by atoms with Gasteiger partial charge in [-0.15, -0.1) is 0 Å². The second kappa shape index (κ2) is 10.3. The number of ketones is 1. The molecule has 0 bridgehead atoms. The summed E-state index contributed by atoms with van der Waals surface area (Å²) in [6.45, 7) is 11.4. The zero-order valence-electron chi connectivity index (χ0n) is 22.4. The fourth-order valence-corrected chi connectivity index (χ4v) is 5.64. The van der Waals surface area contributed by atoms with Crippen LogP contribution in [0.1, 0.15) is 102 Å². The summed E-state index contributed by atoms with van der Waals surface area (Å²) in [7, 11) is 0. The van der Waals surface area contributed by atoms with Crippen LogP contribution in [-0.2, 0) is 6.54 Å². The summed E-state index contributed by atoms with van der Waals surface area (Å²) in [4.78, 5) is 31.5. The van der Waals surface area contributed by atoms with Crippen LogP contribution in [0.3, 0.4) is 0 Å². The normalized spacial score (nSPS) is 21.5. The number of hydrogen-bond acceptors (Lipinski definition) is 6. The lowest BCUT2D eigenvalue weighted by Crippen LogP contribution is -2.31. The molecule has 0 unspecified atom stereocenters. The van der Waals surface area contributed by atoms with Gasteiger partial charge in [0.2, 0.25) is 0 Å². The number of nitrogens with one attached hydrogen (secondary N) is 1. The van der Waals surface area contributed by atoms with Crippen LogP contribution in [0.25, 0.3) is 22.7 Å². The van der Waals surface area contributed by atoms with Crippen LogP contribution >= 0.6 is 0 Å². The molecular formula is C29H40N6O. The highest BCUT2D eigenvalue weighted by atomic mass is 16.1. The molecule has 36 heavy (non-hydrogen) atoms. The molecule has 1 N–H and O–H groups in total. The first-order chi connectivity index (χ1) is 17.3. The first kappa shape index (κ1) is 24.8. The van der Waals surface area contributed by atoms with Gasteiger partial charge in [0, 0.05) is 25.7 Å². The van der Waals surface area contributed by atoms with E-state index in [1.807, 2.05) is 6.20 Å². The van der Waals surface area contributed by atoms with Crippen LogP contribution in [-0.4, -0.2) is 36.3 Å². The molecule has 7 heteroatoms. The lowest BCUT2D eigenvalue weighted by molar-refractivity contribution is 0.100. The maximum atomic E-state index is 12.4. The van der Waals surface area contributed by atoms with E-state index in [0.717, 1.165) is 35.3 Å². The molecule has 0 saturated heterocycles. The Morgan fingerprint density at radius 3 is 2.47 bits per heavy atom. The number of pyridine rings is 1. The van der Waals surface area contributed by atoms with Crippen molar-refractivity contribution in [3.8, 4) is 11.5 Å². The smallest absolute Gasteiger partial charge is 0.199 e. The highest BCUT2D eigenvalue weighted by Crippen LogP contribution is 2.36. The number of imidazole rings is 1. The average molecular weight is 489 g/mol. The SMILES string of the molecule is CC(=O)c1nc(N[C@H](C)C2CCC2)c2c(n1)nc(-c1cc(C(C)C)ccn1)n2CC1CCC(C)CC1. The van der Waals surface area contributed by atoms with Crippen molar-refractivity contribution in [1.82, 2.24) is 24.5 Å². The van der Waals surface area contributed by atoms with Gasteiger partial charge < -0.3 is 9.88 Å². The third kappa shape index (κ3) is 5.02. The van der Waals surface area contributed by atoms with Crippen molar-refractivity contribution in [2.75, 3.05) is 5.32 Å². The van der Waals surface area contributed by atoms with Crippen molar-refractivity contribution in [3.05, 3.63) is 29.7 Å². The van der Waals surface area contributed by atoms with E-state index in [1.54, 1.807) is 0 Å². The molecule has 192 valence electrons.